The maximum absolute atomic E-state index is 5.86. The molecule has 2 atom stereocenters. The fourth-order valence-electron chi connectivity index (χ4n) is 1.84. The fraction of sp³-hybridized carbons (Fsp3) is 0.545. The minimum atomic E-state index is 0.248. The van der Waals surface area contributed by atoms with E-state index >= 15 is 0 Å². The summed E-state index contributed by atoms with van der Waals surface area (Å²) in [5.74, 6) is 0.813. The van der Waals surface area contributed by atoms with Crippen LogP contribution in [0.3, 0.4) is 0 Å². The molecular formula is C11H15ClN2O. The minimum absolute atomic E-state index is 0.248. The molecule has 1 aromatic heterocycles. The quantitative estimate of drug-likeness (QED) is 0.785. The van der Waals surface area contributed by atoms with Gasteiger partial charge in [-0.05, 0) is 13.8 Å². The van der Waals surface area contributed by atoms with Crippen molar-refractivity contribution < 1.29 is 4.74 Å². The molecule has 1 aromatic rings. The van der Waals surface area contributed by atoms with E-state index in [0.717, 1.165) is 24.4 Å². The van der Waals surface area contributed by atoms with Crippen LogP contribution in [0.15, 0.2) is 12.1 Å². The van der Waals surface area contributed by atoms with Crippen molar-refractivity contribution in [1.29, 1.82) is 0 Å². The molecule has 1 saturated heterocycles. The Balaban J connectivity index is 2.04. The summed E-state index contributed by atoms with van der Waals surface area (Å²) in [5, 5.41) is 3.84. The van der Waals surface area contributed by atoms with E-state index in [1.165, 1.54) is 0 Å². The first-order chi connectivity index (χ1) is 7.13. The van der Waals surface area contributed by atoms with Gasteiger partial charge < -0.3 is 10.1 Å². The third-order valence-electron chi connectivity index (χ3n) is 2.51. The average molecular weight is 227 g/mol. The molecule has 3 nitrogen and oxygen atoms in total. The Bertz CT molecular complexity index is 336. The lowest BCUT2D eigenvalue weighted by Gasteiger charge is -2.13. The van der Waals surface area contributed by atoms with Gasteiger partial charge in [0.25, 0.3) is 0 Å². The number of hydrogen-bond acceptors (Lipinski definition) is 3. The van der Waals surface area contributed by atoms with Crippen molar-refractivity contribution in [2.45, 2.75) is 32.4 Å². The third kappa shape index (κ3) is 2.83. The Labute approximate surface area is 94.8 Å². The van der Waals surface area contributed by atoms with Crippen LogP contribution in [0.4, 0.5) is 0 Å². The van der Waals surface area contributed by atoms with E-state index in [4.69, 9.17) is 16.3 Å². The van der Waals surface area contributed by atoms with Crippen molar-refractivity contribution in [1.82, 2.24) is 10.3 Å². The van der Waals surface area contributed by atoms with Crippen LogP contribution in [0.25, 0.3) is 0 Å². The van der Waals surface area contributed by atoms with Crippen LogP contribution >= 0.6 is 11.6 Å². The predicted octanol–water partition coefficient (Wildman–Crippen LogP) is 2.17. The number of hydrogen-bond donors (Lipinski definition) is 1. The summed E-state index contributed by atoms with van der Waals surface area (Å²) in [7, 11) is 0. The van der Waals surface area contributed by atoms with Crippen LogP contribution in [0, 0.1) is 6.92 Å². The maximum Gasteiger partial charge on any atom is 0.133 e. The molecular weight excluding hydrogens is 212 g/mol. The summed E-state index contributed by atoms with van der Waals surface area (Å²) in [6.45, 7) is 4.97. The first kappa shape index (κ1) is 10.7. The number of rotatable bonds is 2. The number of pyridine rings is 1. The number of halogens is 1. The normalized spacial score (nSPS) is 25.5. The Kier molecular flexibility index (Phi) is 3.12. The van der Waals surface area contributed by atoms with E-state index in [1.807, 2.05) is 13.0 Å². The molecule has 4 heteroatoms. The smallest absolute Gasteiger partial charge is 0.133 e. The number of nitrogens with one attached hydrogen (secondary N) is 1. The van der Waals surface area contributed by atoms with Gasteiger partial charge >= 0.3 is 0 Å². The lowest BCUT2D eigenvalue weighted by molar-refractivity contribution is 0.220. The molecule has 0 radical (unpaired) electrons. The van der Waals surface area contributed by atoms with Gasteiger partial charge in [0.05, 0.1) is 0 Å². The summed E-state index contributed by atoms with van der Waals surface area (Å²) < 4.78 is 5.82. The molecule has 15 heavy (non-hydrogen) atoms. The zero-order chi connectivity index (χ0) is 10.8. The van der Waals surface area contributed by atoms with E-state index < -0.39 is 0 Å². The Hall–Kier alpha value is -0.800. The summed E-state index contributed by atoms with van der Waals surface area (Å²) >= 11 is 5.86. The number of nitrogens with zero attached hydrogens (tertiary/aromatic N) is 1. The van der Waals surface area contributed by atoms with Crippen molar-refractivity contribution in [2.75, 3.05) is 6.54 Å². The summed E-state index contributed by atoms with van der Waals surface area (Å²) in [6, 6.07) is 4.21. The van der Waals surface area contributed by atoms with Crippen LogP contribution in [0.1, 0.15) is 19.0 Å². The lowest BCUT2D eigenvalue weighted by atomic mass is 10.2. The van der Waals surface area contributed by atoms with E-state index in [1.54, 1.807) is 6.07 Å². The molecule has 2 rings (SSSR count). The molecule has 2 heterocycles. The molecule has 0 aromatic carbocycles. The molecule has 0 saturated carbocycles. The van der Waals surface area contributed by atoms with Gasteiger partial charge in [0, 0.05) is 36.8 Å². The fourth-order valence-corrected chi connectivity index (χ4v) is 2.08. The second-order valence-corrected chi connectivity index (χ2v) is 4.44. The Morgan fingerprint density at radius 3 is 2.93 bits per heavy atom. The van der Waals surface area contributed by atoms with Gasteiger partial charge in [-0.3, -0.25) is 0 Å². The van der Waals surface area contributed by atoms with Crippen molar-refractivity contribution in [2.24, 2.45) is 0 Å². The van der Waals surface area contributed by atoms with Crippen molar-refractivity contribution >= 4 is 11.6 Å². The molecule has 0 bridgehead atoms. The number of ether oxygens (including phenoxy) is 1. The average Bonchev–Trinajstić information content (AvgIpc) is 2.49. The first-order valence-electron chi connectivity index (χ1n) is 5.18. The molecule has 0 unspecified atom stereocenters. The molecule has 1 aliphatic rings. The van der Waals surface area contributed by atoms with Crippen LogP contribution in [0.5, 0.6) is 5.75 Å². The minimum Gasteiger partial charge on any atom is -0.489 e. The van der Waals surface area contributed by atoms with E-state index in [-0.39, 0.29) is 6.10 Å². The molecule has 1 N–H and O–H groups in total. The Morgan fingerprint density at radius 2 is 2.33 bits per heavy atom. The molecule has 82 valence electrons. The Morgan fingerprint density at radius 1 is 1.53 bits per heavy atom. The highest BCUT2D eigenvalue weighted by Gasteiger charge is 2.22. The van der Waals surface area contributed by atoms with Crippen molar-refractivity contribution in [3.8, 4) is 5.75 Å². The van der Waals surface area contributed by atoms with Gasteiger partial charge in [0.1, 0.15) is 17.0 Å². The predicted molar refractivity (Wildman–Crippen MR) is 60.5 cm³/mol. The van der Waals surface area contributed by atoms with Crippen LogP contribution in [-0.2, 0) is 0 Å². The first-order valence-corrected chi connectivity index (χ1v) is 5.55. The van der Waals surface area contributed by atoms with Crippen LogP contribution < -0.4 is 10.1 Å². The van der Waals surface area contributed by atoms with E-state index in [2.05, 4.69) is 17.2 Å². The lowest BCUT2D eigenvalue weighted by Crippen LogP contribution is -2.20. The van der Waals surface area contributed by atoms with E-state index in [0.29, 0.717) is 11.2 Å². The van der Waals surface area contributed by atoms with Gasteiger partial charge in [0.15, 0.2) is 0 Å². The third-order valence-corrected chi connectivity index (χ3v) is 2.70. The highest BCUT2D eigenvalue weighted by Crippen LogP contribution is 2.21. The standard InChI is InChI=1S/C11H15ClN2O/c1-7-3-10(6-13-7)15-9-4-8(2)14-11(12)5-9/h4-5,7,10,13H,3,6H2,1-2H3/t7-,10+/m0/s1. The number of aromatic nitrogens is 1. The second kappa shape index (κ2) is 4.37. The molecule has 1 fully saturated rings. The van der Waals surface area contributed by atoms with Crippen molar-refractivity contribution in [3.63, 3.8) is 0 Å². The summed E-state index contributed by atoms with van der Waals surface area (Å²) in [4.78, 5) is 4.09. The number of aryl methyl sites for hydroxylation is 1. The molecule has 0 amide bonds. The zero-order valence-electron chi connectivity index (χ0n) is 8.96. The topological polar surface area (TPSA) is 34.1 Å². The largest absolute Gasteiger partial charge is 0.489 e. The zero-order valence-corrected chi connectivity index (χ0v) is 9.71. The van der Waals surface area contributed by atoms with Gasteiger partial charge in [-0.25, -0.2) is 4.98 Å². The van der Waals surface area contributed by atoms with Gasteiger partial charge in [-0.1, -0.05) is 11.6 Å². The van der Waals surface area contributed by atoms with Gasteiger partial charge in [-0.2, -0.15) is 0 Å². The van der Waals surface area contributed by atoms with Crippen LogP contribution in [0.2, 0.25) is 5.15 Å². The molecule has 0 aliphatic carbocycles. The van der Waals surface area contributed by atoms with Gasteiger partial charge in [0.2, 0.25) is 0 Å². The van der Waals surface area contributed by atoms with Crippen LogP contribution in [-0.4, -0.2) is 23.7 Å². The highest BCUT2D eigenvalue weighted by molar-refractivity contribution is 6.29. The van der Waals surface area contributed by atoms with Crippen molar-refractivity contribution in [3.05, 3.63) is 23.0 Å². The molecule has 1 aliphatic heterocycles. The summed E-state index contributed by atoms with van der Waals surface area (Å²) in [6.07, 6.45) is 1.29. The summed E-state index contributed by atoms with van der Waals surface area (Å²) in [5.41, 5.74) is 0.886. The SMILES string of the molecule is Cc1cc(O[C@H]2CN[C@@H](C)C2)cc(Cl)n1. The maximum atomic E-state index is 5.86. The monoisotopic (exact) mass is 226 g/mol. The second-order valence-electron chi connectivity index (χ2n) is 4.05. The van der Waals surface area contributed by atoms with Gasteiger partial charge in [-0.15, -0.1) is 0 Å². The van der Waals surface area contributed by atoms with E-state index in [9.17, 15) is 0 Å². The highest BCUT2D eigenvalue weighted by atomic mass is 35.5. The molecule has 0 spiro atoms.